The molecule has 0 saturated carbocycles. The van der Waals surface area contributed by atoms with Gasteiger partial charge in [0, 0.05) is 16.9 Å². The molecular weight excluding hydrogens is 302 g/mol. The van der Waals surface area contributed by atoms with Crippen LogP contribution in [-0.4, -0.2) is 0 Å². The molecule has 4 rings (SSSR count). The van der Waals surface area contributed by atoms with E-state index < -0.39 is 0 Å². The van der Waals surface area contributed by atoms with Crippen LogP contribution in [0.2, 0.25) is 0 Å². The summed E-state index contributed by atoms with van der Waals surface area (Å²) >= 11 is 0. The molecule has 0 aliphatic heterocycles. The lowest BCUT2D eigenvalue weighted by atomic mass is 9.98. The van der Waals surface area contributed by atoms with E-state index in [0.29, 0.717) is 0 Å². The molecular formula is C24H19N. The minimum atomic E-state index is 1.09. The Balaban J connectivity index is 1.73. The summed E-state index contributed by atoms with van der Waals surface area (Å²) in [7, 11) is 0. The maximum absolute atomic E-state index is 3.53. The fourth-order valence-corrected chi connectivity index (χ4v) is 3.02. The fraction of sp³-hybridized carbons (Fsp3) is 0. The quantitative estimate of drug-likeness (QED) is 0.437. The summed E-state index contributed by atoms with van der Waals surface area (Å²) in [4.78, 5) is 0. The van der Waals surface area contributed by atoms with E-state index in [1.54, 1.807) is 0 Å². The molecule has 120 valence electrons. The first-order valence-electron chi connectivity index (χ1n) is 8.47. The lowest BCUT2D eigenvalue weighted by Crippen LogP contribution is -1.93. The molecule has 4 aromatic carbocycles. The van der Waals surface area contributed by atoms with Crippen LogP contribution in [0.4, 0.5) is 11.4 Å². The molecule has 0 fully saturated rings. The zero-order valence-corrected chi connectivity index (χ0v) is 13.9. The Bertz CT molecular complexity index is 959. The molecule has 4 aromatic rings. The van der Waals surface area contributed by atoms with Crippen molar-refractivity contribution in [1.82, 2.24) is 0 Å². The number of hydrogen-bond acceptors (Lipinski definition) is 1. The van der Waals surface area contributed by atoms with E-state index in [1.165, 1.54) is 22.3 Å². The summed E-state index contributed by atoms with van der Waals surface area (Å²) < 4.78 is 0. The summed E-state index contributed by atoms with van der Waals surface area (Å²) in [5.74, 6) is 0. The van der Waals surface area contributed by atoms with Gasteiger partial charge in [0.15, 0.2) is 0 Å². The topological polar surface area (TPSA) is 12.0 Å². The van der Waals surface area contributed by atoms with E-state index in [9.17, 15) is 0 Å². The summed E-state index contributed by atoms with van der Waals surface area (Å²) in [5.41, 5.74) is 7.07. The molecule has 0 unspecified atom stereocenters. The molecule has 0 atom stereocenters. The van der Waals surface area contributed by atoms with Crippen LogP contribution in [0.3, 0.4) is 0 Å². The van der Waals surface area contributed by atoms with E-state index >= 15 is 0 Å². The van der Waals surface area contributed by atoms with E-state index in [-0.39, 0.29) is 0 Å². The average Bonchev–Trinajstić information content (AvgIpc) is 2.70. The highest BCUT2D eigenvalue weighted by Gasteiger charge is 2.06. The highest BCUT2D eigenvalue weighted by molar-refractivity contribution is 5.83. The Morgan fingerprint density at radius 1 is 0.440 bits per heavy atom. The van der Waals surface area contributed by atoms with Crippen LogP contribution in [0.15, 0.2) is 109 Å². The maximum atomic E-state index is 3.53. The maximum Gasteiger partial charge on any atom is 0.0463 e. The van der Waals surface area contributed by atoms with Gasteiger partial charge in [0.1, 0.15) is 0 Å². The molecule has 0 bridgehead atoms. The van der Waals surface area contributed by atoms with Gasteiger partial charge in [-0.1, -0.05) is 84.9 Å². The molecule has 0 amide bonds. The number of benzene rings is 4. The van der Waals surface area contributed by atoms with Crippen LogP contribution >= 0.6 is 0 Å². The van der Waals surface area contributed by atoms with Gasteiger partial charge in [0.2, 0.25) is 0 Å². The van der Waals surface area contributed by atoms with Crippen LogP contribution < -0.4 is 5.32 Å². The molecule has 1 heteroatoms. The van der Waals surface area contributed by atoms with Gasteiger partial charge >= 0.3 is 0 Å². The Morgan fingerprint density at radius 2 is 1.04 bits per heavy atom. The monoisotopic (exact) mass is 321 g/mol. The van der Waals surface area contributed by atoms with E-state index in [0.717, 1.165) is 11.4 Å². The molecule has 0 saturated heterocycles. The summed E-state index contributed by atoms with van der Waals surface area (Å²) in [6.07, 6.45) is 0. The molecule has 0 spiro atoms. The third-order valence-corrected chi connectivity index (χ3v) is 4.26. The van der Waals surface area contributed by atoms with Crippen molar-refractivity contribution in [3.63, 3.8) is 0 Å². The largest absolute Gasteiger partial charge is 0.355 e. The van der Waals surface area contributed by atoms with Gasteiger partial charge in [0.25, 0.3) is 0 Å². The summed E-state index contributed by atoms with van der Waals surface area (Å²) in [6.45, 7) is 0. The Kier molecular flexibility index (Phi) is 4.30. The van der Waals surface area contributed by atoms with Gasteiger partial charge in [-0.15, -0.1) is 0 Å². The SMILES string of the molecule is c1ccc(Nc2ccccc2-c2cccc(-c3ccccc3)c2)cc1. The van der Waals surface area contributed by atoms with Gasteiger partial charge < -0.3 is 5.32 Å². The van der Waals surface area contributed by atoms with Crippen molar-refractivity contribution in [2.75, 3.05) is 5.32 Å². The number of hydrogen-bond donors (Lipinski definition) is 1. The number of nitrogens with one attached hydrogen (secondary N) is 1. The second kappa shape index (κ2) is 7.06. The van der Waals surface area contributed by atoms with Crippen molar-refractivity contribution >= 4 is 11.4 Å². The molecule has 0 heterocycles. The van der Waals surface area contributed by atoms with Crippen molar-refractivity contribution in [3.05, 3.63) is 109 Å². The van der Waals surface area contributed by atoms with Crippen molar-refractivity contribution in [2.45, 2.75) is 0 Å². The minimum absolute atomic E-state index is 1.09. The predicted octanol–water partition coefficient (Wildman–Crippen LogP) is 6.76. The van der Waals surface area contributed by atoms with Gasteiger partial charge in [-0.25, -0.2) is 0 Å². The highest BCUT2D eigenvalue weighted by Crippen LogP contribution is 2.32. The molecule has 0 aliphatic rings. The van der Waals surface area contributed by atoms with Gasteiger partial charge in [-0.2, -0.15) is 0 Å². The summed E-state index contributed by atoms with van der Waals surface area (Å²) in [6, 6.07) is 37.9. The van der Waals surface area contributed by atoms with Crippen molar-refractivity contribution in [3.8, 4) is 22.3 Å². The average molecular weight is 321 g/mol. The third-order valence-electron chi connectivity index (χ3n) is 4.26. The predicted molar refractivity (Wildman–Crippen MR) is 107 cm³/mol. The van der Waals surface area contributed by atoms with Gasteiger partial charge in [-0.3, -0.25) is 0 Å². The van der Waals surface area contributed by atoms with Crippen molar-refractivity contribution in [2.24, 2.45) is 0 Å². The Hall–Kier alpha value is -3.32. The van der Waals surface area contributed by atoms with Crippen LogP contribution in [0.5, 0.6) is 0 Å². The van der Waals surface area contributed by atoms with Gasteiger partial charge in [0.05, 0.1) is 0 Å². The van der Waals surface area contributed by atoms with Crippen LogP contribution in [-0.2, 0) is 0 Å². The highest BCUT2D eigenvalue weighted by atomic mass is 14.9. The number of rotatable bonds is 4. The zero-order chi connectivity index (χ0) is 16.9. The van der Waals surface area contributed by atoms with Crippen LogP contribution in [0, 0.1) is 0 Å². The molecule has 0 aliphatic carbocycles. The second-order valence-electron chi connectivity index (χ2n) is 5.98. The van der Waals surface area contributed by atoms with E-state index in [2.05, 4.69) is 90.2 Å². The van der Waals surface area contributed by atoms with Crippen LogP contribution in [0.1, 0.15) is 0 Å². The normalized spacial score (nSPS) is 10.4. The standard InChI is InChI=1S/C24H19N/c1-3-10-19(11-4-1)20-12-9-13-21(18-20)23-16-7-8-17-24(23)25-22-14-5-2-6-15-22/h1-18,25H. The van der Waals surface area contributed by atoms with E-state index in [4.69, 9.17) is 0 Å². The van der Waals surface area contributed by atoms with Crippen LogP contribution in [0.25, 0.3) is 22.3 Å². The Labute approximate surface area is 148 Å². The molecule has 25 heavy (non-hydrogen) atoms. The first kappa shape index (κ1) is 15.2. The first-order valence-corrected chi connectivity index (χ1v) is 8.47. The number of para-hydroxylation sites is 2. The molecule has 1 nitrogen and oxygen atoms in total. The summed E-state index contributed by atoms with van der Waals surface area (Å²) in [5, 5.41) is 3.53. The van der Waals surface area contributed by atoms with Crippen molar-refractivity contribution in [1.29, 1.82) is 0 Å². The first-order chi connectivity index (χ1) is 12.4. The smallest absolute Gasteiger partial charge is 0.0463 e. The van der Waals surface area contributed by atoms with Gasteiger partial charge in [-0.05, 0) is 41.0 Å². The van der Waals surface area contributed by atoms with E-state index in [1.807, 2.05) is 24.3 Å². The zero-order valence-electron chi connectivity index (χ0n) is 13.9. The third kappa shape index (κ3) is 3.46. The lowest BCUT2D eigenvalue weighted by molar-refractivity contribution is 1.53. The second-order valence-corrected chi connectivity index (χ2v) is 5.98. The lowest BCUT2D eigenvalue weighted by Gasteiger charge is -2.13. The molecule has 0 radical (unpaired) electrons. The minimum Gasteiger partial charge on any atom is -0.355 e. The number of anilines is 2. The fourth-order valence-electron chi connectivity index (χ4n) is 3.02. The van der Waals surface area contributed by atoms with Crippen molar-refractivity contribution < 1.29 is 0 Å². The molecule has 0 aromatic heterocycles. The molecule has 1 N–H and O–H groups in total. The Morgan fingerprint density at radius 3 is 1.84 bits per heavy atom.